The molecule has 2 unspecified atom stereocenters. The molecule has 0 bridgehead atoms. The van der Waals surface area contributed by atoms with E-state index < -0.39 is 0 Å². The lowest BCUT2D eigenvalue weighted by molar-refractivity contribution is 0.226. The van der Waals surface area contributed by atoms with Crippen molar-refractivity contribution >= 4 is 0 Å². The lowest BCUT2D eigenvalue weighted by Gasteiger charge is -2.29. The summed E-state index contributed by atoms with van der Waals surface area (Å²) in [6.07, 6.45) is 7.53. The maximum atomic E-state index is 6.03. The van der Waals surface area contributed by atoms with Gasteiger partial charge in [0.15, 0.2) is 0 Å². The Morgan fingerprint density at radius 1 is 1.23 bits per heavy atom. The van der Waals surface area contributed by atoms with Gasteiger partial charge < -0.3 is 5.73 Å². The van der Waals surface area contributed by atoms with Gasteiger partial charge in [0.2, 0.25) is 0 Å². The molecule has 0 radical (unpaired) electrons. The van der Waals surface area contributed by atoms with Crippen molar-refractivity contribution in [3.63, 3.8) is 0 Å². The first-order valence-corrected chi connectivity index (χ1v) is 5.01. The number of nitrogens with zero attached hydrogens (tertiary/aromatic N) is 1. The summed E-state index contributed by atoms with van der Waals surface area (Å²) in [7, 11) is 0. The molecule has 2 atom stereocenters. The van der Waals surface area contributed by atoms with Crippen molar-refractivity contribution in [1.82, 2.24) is 4.90 Å². The standard InChI is InChI=1S/C11H20N2/c1-3-8-13(9-4-2)11-7-5-6-10(11)12/h3-4,10-11H,1-2,5-9,12H2. The normalized spacial score (nSPS) is 27.8. The smallest absolute Gasteiger partial charge is 0.0253 e. The average molecular weight is 180 g/mol. The van der Waals surface area contributed by atoms with Gasteiger partial charge in [0.25, 0.3) is 0 Å². The summed E-state index contributed by atoms with van der Waals surface area (Å²) in [5, 5.41) is 0. The first kappa shape index (κ1) is 10.5. The third-order valence-corrected chi connectivity index (χ3v) is 2.73. The Hall–Kier alpha value is -0.600. The van der Waals surface area contributed by atoms with Gasteiger partial charge in [-0.3, -0.25) is 4.90 Å². The van der Waals surface area contributed by atoms with Gasteiger partial charge in [-0.05, 0) is 12.8 Å². The van der Waals surface area contributed by atoms with Crippen molar-refractivity contribution in [1.29, 1.82) is 0 Å². The third-order valence-electron chi connectivity index (χ3n) is 2.73. The van der Waals surface area contributed by atoms with E-state index in [1.807, 2.05) is 12.2 Å². The van der Waals surface area contributed by atoms with Crippen LogP contribution in [0, 0.1) is 0 Å². The van der Waals surface area contributed by atoms with E-state index in [-0.39, 0.29) is 0 Å². The van der Waals surface area contributed by atoms with Crippen LogP contribution >= 0.6 is 0 Å². The second-order valence-corrected chi connectivity index (χ2v) is 3.69. The molecule has 0 aromatic carbocycles. The molecule has 0 aromatic heterocycles. The van der Waals surface area contributed by atoms with E-state index in [9.17, 15) is 0 Å². The van der Waals surface area contributed by atoms with Crippen LogP contribution in [-0.4, -0.2) is 30.1 Å². The molecule has 1 saturated carbocycles. The van der Waals surface area contributed by atoms with Crippen molar-refractivity contribution in [3.8, 4) is 0 Å². The summed E-state index contributed by atoms with van der Waals surface area (Å²) in [6, 6.07) is 0.885. The molecule has 74 valence electrons. The Bertz CT molecular complexity index is 167. The van der Waals surface area contributed by atoms with Crippen LogP contribution in [0.4, 0.5) is 0 Å². The topological polar surface area (TPSA) is 29.3 Å². The highest BCUT2D eigenvalue weighted by molar-refractivity contribution is 4.92. The zero-order valence-electron chi connectivity index (χ0n) is 8.28. The summed E-state index contributed by atoms with van der Waals surface area (Å²) < 4.78 is 0. The summed E-state index contributed by atoms with van der Waals surface area (Å²) in [5.74, 6) is 0. The fraction of sp³-hybridized carbons (Fsp3) is 0.636. The molecule has 1 aliphatic carbocycles. The molecule has 2 heteroatoms. The van der Waals surface area contributed by atoms with Crippen LogP contribution in [0.3, 0.4) is 0 Å². The fourth-order valence-corrected chi connectivity index (χ4v) is 2.10. The van der Waals surface area contributed by atoms with Gasteiger partial charge in [-0.25, -0.2) is 0 Å². The molecule has 2 nitrogen and oxygen atoms in total. The molecule has 0 aliphatic heterocycles. The highest BCUT2D eigenvalue weighted by Gasteiger charge is 2.27. The van der Waals surface area contributed by atoms with Crippen LogP contribution in [-0.2, 0) is 0 Å². The van der Waals surface area contributed by atoms with Crippen LogP contribution in [0.5, 0.6) is 0 Å². The molecule has 0 amide bonds. The largest absolute Gasteiger partial charge is 0.326 e. The number of hydrogen-bond acceptors (Lipinski definition) is 2. The van der Waals surface area contributed by atoms with Gasteiger partial charge >= 0.3 is 0 Å². The minimum Gasteiger partial charge on any atom is -0.326 e. The minimum absolute atomic E-state index is 0.347. The highest BCUT2D eigenvalue weighted by atomic mass is 15.2. The predicted octanol–water partition coefficient (Wildman–Crippen LogP) is 1.54. The highest BCUT2D eigenvalue weighted by Crippen LogP contribution is 2.22. The Labute approximate surface area is 81.1 Å². The van der Waals surface area contributed by atoms with Gasteiger partial charge in [0.1, 0.15) is 0 Å². The van der Waals surface area contributed by atoms with E-state index in [2.05, 4.69) is 18.1 Å². The van der Waals surface area contributed by atoms with E-state index in [4.69, 9.17) is 5.73 Å². The second kappa shape index (κ2) is 5.20. The van der Waals surface area contributed by atoms with Crippen molar-refractivity contribution < 1.29 is 0 Å². The summed E-state index contributed by atoms with van der Waals surface area (Å²) in [6.45, 7) is 9.37. The Morgan fingerprint density at radius 2 is 1.85 bits per heavy atom. The van der Waals surface area contributed by atoms with Gasteiger partial charge in [0.05, 0.1) is 0 Å². The Morgan fingerprint density at radius 3 is 2.23 bits per heavy atom. The molecule has 1 fully saturated rings. The average Bonchev–Trinajstić information content (AvgIpc) is 2.51. The van der Waals surface area contributed by atoms with Gasteiger partial charge in [-0.1, -0.05) is 18.6 Å². The zero-order chi connectivity index (χ0) is 9.68. The van der Waals surface area contributed by atoms with E-state index in [0.29, 0.717) is 12.1 Å². The summed E-state index contributed by atoms with van der Waals surface area (Å²) >= 11 is 0. The van der Waals surface area contributed by atoms with E-state index in [1.165, 1.54) is 12.8 Å². The molecule has 0 heterocycles. The molecule has 0 saturated heterocycles. The van der Waals surface area contributed by atoms with Crippen LogP contribution in [0.2, 0.25) is 0 Å². The van der Waals surface area contributed by atoms with Crippen molar-refractivity contribution in [3.05, 3.63) is 25.3 Å². The quantitative estimate of drug-likeness (QED) is 0.650. The second-order valence-electron chi connectivity index (χ2n) is 3.69. The third kappa shape index (κ3) is 2.68. The van der Waals surface area contributed by atoms with Gasteiger partial charge in [0, 0.05) is 25.2 Å². The lowest BCUT2D eigenvalue weighted by Crippen LogP contribution is -2.44. The van der Waals surface area contributed by atoms with E-state index >= 15 is 0 Å². The van der Waals surface area contributed by atoms with Crippen molar-refractivity contribution in [2.45, 2.75) is 31.3 Å². The molecule has 0 spiro atoms. The Kier molecular flexibility index (Phi) is 4.19. The Balaban J connectivity index is 2.51. The first-order valence-electron chi connectivity index (χ1n) is 5.01. The molecule has 0 aromatic rings. The molecule has 1 aliphatic rings. The van der Waals surface area contributed by atoms with Crippen LogP contribution in [0.15, 0.2) is 25.3 Å². The summed E-state index contributed by atoms with van der Waals surface area (Å²) in [5.41, 5.74) is 6.03. The number of rotatable bonds is 5. The maximum absolute atomic E-state index is 6.03. The van der Waals surface area contributed by atoms with Crippen molar-refractivity contribution in [2.24, 2.45) is 5.73 Å². The molecule has 13 heavy (non-hydrogen) atoms. The fourth-order valence-electron chi connectivity index (χ4n) is 2.10. The monoisotopic (exact) mass is 180 g/mol. The summed E-state index contributed by atoms with van der Waals surface area (Å²) in [4.78, 5) is 2.36. The van der Waals surface area contributed by atoms with Crippen LogP contribution in [0.1, 0.15) is 19.3 Å². The minimum atomic E-state index is 0.347. The molecule has 1 rings (SSSR count). The molecular formula is C11H20N2. The van der Waals surface area contributed by atoms with E-state index in [1.54, 1.807) is 0 Å². The lowest BCUT2D eigenvalue weighted by atomic mass is 10.1. The van der Waals surface area contributed by atoms with Crippen molar-refractivity contribution in [2.75, 3.05) is 13.1 Å². The van der Waals surface area contributed by atoms with Gasteiger partial charge in [-0.2, -0.15) is 0 Å². The molecular weight excluding hydrogens is 160 g/mol. The molecule has 2 N–H and O–H groups in total. The zero-order valence-corrected chi connectivity index (χ0v) is 8.28. The predicted molar refractivity (Wildman–Crippen MR) is 57.6 cm³/mol. The number of hydrogen-bond donors (Lipinski definition) is 1. The maximum Gasteiger partial charge on any atom is 0.0253 e. The first-order chi connectivity index (χ1) is 6.29. The van der Waals surface area contributed by atoms with Crippen LogP contribution in [0.25, 0.3) is 0 Å². The van der Waals surface area contributed by atoms with E-state index in [0.717, 1.165) is 19.5 Å². The van der Waals surface area contributed by atoms with Crippen LogP contribution < -0.4 is 5.73 Å². The SMILES string of the molecule is C=CCN(CC=C)C1CCCC1N. The number of nitrogens with two attached hydrogens (primary N) is 1. The van der Waals surface area contributed by atoms with Gasteiger partial charge in [-0.15, -0.1) is 13.2 Å².